The highest BCUT2D eigenvalue weighted by molar-refractivity contribution is 6.06. The minimum Gasteiger partial charge on any atom is -0.454 e. The molecule has 1 aliphatic carbocycles. The van der Waals surface area contributed by atoms with E-state index in [2.05, 4.69) is 17.6 Å². The van der Waals surface area contributed by atoms with Gasteiger partial charge in [-0.25, -0.2) is 0 Å². The zero-order valence-electron chi connectivity index (χ0n) is 14.2. The number of fused-ring (bicyclic) bond motifs is 1. The highest BCUT2D eigenvalue weighted by Gasteiger charge is 2.39. The van der Waals surface area contributed by atoms with Crippen LogP contribution in [0.25, 0.3) is 0 Å². The van der Waals surface area contributed by atoms with E-state index in [-0.39, 0.29) is 24.5 Å². The number of carbonyl (C=O) groups is 2. The number of ether oxygens (including phenoxy) is 2. The summed E-state index contributed by atoms with van der Waals surface area (Å²) < 4.78 is 10.5. The predicted molar refractivity (Wildman–Crippen MR) is 97.3 cm³/mol. The third-order valence-corrected chi connectivity index (χ3v) is 4.65. The summed E-state index contributed by atoms with van der Waals surface area (Å²) in [6, 6.07) is 10.00. The van der Waals surface area contributed by atoms with Crippen LogP contribution in [0.2, 0.25) is 0 Å². The van der Waals surface area contributed by atoms with Crippen molar-refractivity contribution in [2.45, 2.75) is 13.3 Å². The molecule has 0 saturated heterocycles. The molecule has 0 spiro atoms. The number of anilines is 3. The molecule has 134 valence electrons. The molecule has 7 heteroatoms. The van der Waals surface area contributed by atoms with Crippen LogP contribution >= 0.6 is 0 Å². The average molecular weight is 353 g/mol. The van der Waals surface area contributed by atoms with Crippen LogP contribution in [-0.2, 0) is 4.79 Å². The lowest BCUT2D eigenvalue weighted by atomic mass is 10.1. The summed E-state index contributed by atoms with van der Waals surface area (Å²) in [5.41, 5.74) is 7.93. The molecule has 0 bridgehead atoms. The van der Waals surface area contributed by atoms with Crippen LogP contribution in [0.3, 0.4) is 0 Å². The molecule has 1 aliphatic heterocycles. The maximum absolute atomic E-state index is 12.4. The Hall–Kier alpha value is -3.22. The summed E-state index contributed by atoms with van der Waals surface area (Å²) in [6.45, 7) is 2.19. The van der Waals surface area contributed by atoms with Gasteiger partial charge >= 0.3 is 0 Å². The number of rotatable bonds is 4. The van der Waals surface area contributed by atoms with Gasteiger partial charge in [-0.15, -0.1) is 0 Å². The lowest BCUT2D eigenvalue weighted by Crippen LogP contribution is -2.15. The molecule has 2 unspecified atom stereocenters. The van der Waals surface area contributed by atoms with E-state index in [1.54, 1.807) is 36.4 Å². The van der Waals surface area contributed by atoms with Crippen molar-refractivity contribution in [3.63, 3.8) is 0 Å². The Kier molecular flexibility index (Phi) is 3.91. The van der Waals surface area contributed by atoms with Crippen molar-refractivity contribution in [3.05, 3.63) is 42.0 Å². The average Bonchev–Trinajstić information content (AvgIpc) is 3.19. The largest absolute Gasteiger partial charge is 0.454 e. The number of amides is 2. The van der Waals surface area contributed by atoms with E-state index in [0.29, 0.717) is 40.0 Å². The van der Waals surface area contributed by atoms with Crippen LogP contribution in [0, 0.1) is 11.8 Å². The van der Waals surface area contributed by atoms with Crippen LogP contribution in [0.4, 0.5) is 17.1 Å². The molecule has 2 aromatic carbocycles. The Morgan fingerprint density at radius 3 is 2.38 bits per heavy atom. The first-order chi connectivity index (χ1) is 12.5. The topological polar surface area (TPSA) is 103 Å². The second kappa shape index (κ2) is 6.25. The van der Waals surface area contributed by atoms with Crippen LogP contribution < -0.4 is 25.8 Å². The van der Waals surface area contributed by atoms with E-state index >= 15 is 0 Å². The third-order valence-electron chi connectivity index (χ3n) is 4.65. The minimum absolute atomic E-state index is 0.0304. The fraction of sp³-hybridized carbons (Fsp3) is 0.263. The molecule has 2 aliphatic rings. The van der Waals surface area contributed by atoms with Crippen LogP contribution in [0.1, 0.15) is 23.7 Å². The van der Waals surface area contributed by atoms with Crippen LogP contribution in [0.5, 0.6) is 11.5 Å². The van der Waals surface area contributed by atoms with Crippen molar-refractivity contribution in [1.29, 1.82) is 0 Å². The highest BCUT2D eigenvalue weighted by Crippen LogP contribution is 2.39. The van der Waals surface area contributed by atoms with Gasteiger partial charge in [0.1, 0.15) is 0 Å². The first-order valence-electron chi connectivity index (χ1n) is 8.42. The van der Waals surface area contributed by atoms with Gasteiger partial charge in [-0.3, -0.25) is 9.59 Å². The van der Waals surface area contributed by atoms with E-state index in [1.807, 2.05) is 0 Å². The predicted octanol–water partition coefficient (Wildman–Crippen LogP) is 2.84. The standard InChI is InChI=1S/C19H19N3O4/c1-10-6-13(10)19(24)21-12-4-2-11(3-5-12)18(23)22-15-8-17-16(7-14(15)20)25-9-26-17/h2-5,7-8,10,13H,6,9,20H2,1H3,(H,21,24)(H,22,23). The zero-order valence-corrected chi connectivity index (χ0v) is 14.2. The number of nitrogens with one attached hydrogen (secondary N) is 2. The summed E-state index contributed by atoms with van der Waals surface area (Å²) in [5, 5.41) is 5.63. The Morgan fingerprint density at radius 1 is 1.08 bits per heavy atom. The van der Waals surface area contributed by atoms with Gasteiger partial charge in [-0.05, 0) is 36.6 Å². The van der Waals surface area contributed by atoms with Crippen molar-refractivity contribution < 1.29 is 19.1 Å². The fourth-order valence-corrected chi connectivity index (χ4v) is 2.89. The Morgan fingerprint density at radius 2 is 1.73 bits per heavy atom. The summed E-state index contributed by atoms with van der Waals surface area (Å²) in [4.78, 5) is 24.4. The van der Waals surface area contributed by atoms with Gasteiger partial charge in [0, 0.05) is 29.3 Å². The van der Waals surface area contributed by atoms with E-state index in [1.165, 1.54) is 0 Å². The fourth-order valence-electron chi connectivity index (χ4n) is 2.89. The second-order valence-corrected chi connectivity index (χ2v) is 6.63. The van der Waals surface area contributed by atoms with E-state index < -0.39 is 0 Å². The summed E-state index contributed by atoms with van der Waals surface area (Å²) >= 11 is 0. The second-order valence-electron chi connectivity index (χ2n) is 6.63. The number of nitrogens with two attached hydrogens (primary N) is 1. The van der Waals surface area contributed by atoms with E-state index in [0.717, 1.165) is 6.42 Å². The maximum Gasteiger partial charge on any atom is 0.255 e. The quantitative estimate of drug-likeness (QED) is 0.734. The van der Waals surface area contributed by atoms with Crippen molar-refractivity contribution in [2.75, 3.05) is 23.2 Å². The third kappa shape index (κ3) is 3.15. The molecule has 26 heavy (non-hydrogen) atoms. The molecule has 2 amide bonds. The number of benzene rings is 2. The van der Waals surface area contributed by atoms with Gasteiger partial charge in [0.15, 0.2) is 11.5 Å². The van der Waals surface area contributed by atoms with Gasteiger partial charge in [0.2, 0.25) is 12.7 Å². The monoisotopic (exact) mass is 353 g/mol. The van der Waals surface area contributed by atoms with Gasteiger partial charge in [0.05, 0.1) is 11.4 Å². The Bertz CT molecular complexity index is 879. The molecule has 2 aromatic rings. The molecular formula is C19H19N3O4. The zero-order chi connectivity index (χ0) is 18.3. The molecule has 0 aromatic heterocycles. The van der Waals surface area contributed by atoms with Crippen molar-refractivity contribution >= 4 is 28.9 Å². The summed E-state index contributed by atoms with van der Waals surface area (Å²) in [6.07, 6.45) is 0.934. The molecule has 7 nitrogen and oxygen atoms in total. The molecule has 4 N–H and O–H groups in total. The lowest BCUT2D eigenvalue weighted by molar-refractivity contribution is -0.117. The van der Waals surface area contributed by atoms with E-state index in [4.69, 9.17) is 15.2 Å². The number of carbonyl (C=O) groups excluding carboxylic acids is 2. The summed E-state index contributed by atoms with van der Waals surface area (Å²) in [5.74, 6) is 1.39. The maximum atomic E-state index is 12.4. The van der Waals surface area contributed by atoms with Crippen molar-refractivity contribution in [2.24, 2.45) is 11.8 Å². The molecule has 0 radical (unpaired) electrons. The van der Waals surface area contributed by atoms with Gasteiger partial charge < -0.3 is 25.8 Å². The van der Waals surface area contributed by atoms with Gasteiger partial charge in [0.25, 0.3) is 5.91 Å². The highest BCUT2D eigenvalue weighted by atomic mass is 16.7. The number of hydrogen-bond donors (Lipinski definition) is 3. The number of hydrogen-bond acceptors (Lipinski definition) is 5. The van der Waals surface area contributed by atoms with Crippen LogP contribution in [0.15, 0.2) is 36.4 Å². The van der Waals surface area contributed by atoms with Crippen molar-refractivity contribution in [3.8, 4) is 11.5 Å². The van der Waals surface area contributed by atoms with Crippen LogP contribution in [-0.4, -0.2) is 18.6 Å². The molecular weight excluding hydrogens is 334 g/mol. The molecule has 1 heterocycles. The van der Waals surface area contributed by atoms with Gasteiger partial charge in [-0.2, -0.15) is 0 Å². The molecule has 1 fully saturated rings. The smallest absolute Gasteiger partial charge is 0.255 e. The van der Waals surface area contributed by atoms with Gasteiger partial charge in [-0.1, -0.05) is 6.92 Å². The minimum atomic E-state index is -0.302. The number of nitrogen functional groups attached to an aromatic ring is 1. The SMILES string of the molecule is CC1CC1C(=O)Nc1ccc(C(=O)Nc2cc3c(cc2N)OCO3)cc1. The van der Waals surface area contributed by atoms with E-state index in [9.17, 15) is 9.59 Å². The molecule has 1 saturated carbocycles. The lowest BCUT2D eigenvalue weighted by Gasteiger charge is -2.10. The first kappa shape index (κ1) is 16.3. The molecule has 2 atom stereocenters. The molecule has 4 rings (SSSR count). The Balaban J connectivity index is 1.43. The summed E-state index contributed by atoms with van der Waals surface area (Å²) in [7, 11) is 0. The van der Waals surface area contributed by atoms with Crippen molar-refractivity contribution in [1.82, 2.24) is 0 Å². The Labute approximate surface area is 150 Å². The normalized spacial score (nSPS) is 19.7. The first-order valence-corrected chi connectivity index (χ1v) is 8.42.